The molecule has 0 saturated heterocycles. The van der Waals surface area contributed by atoms with Gasteiger partial charge in [-0.3, -0.25) is 4.79 Å². The summed E-state index contributed by atoms with van der Waals surface area (Å²) >= 11 is 3.32. The van der Waals surface area contributed by atoms with Gasteiger partial charge in [0.15, 0.2) is 0 Å². The Morgan fingerprint density at radius 1 is 1.44 bits per heavy atom. The predicted octanol–water partition coefficient (Wildman–Crippen LogP) is 1.66. The number of methoxy groups -OCH3 is 1. The molecule has 0 atom stereocenters. The van der Waals surface area contributed by atoms with Crippen molar-refractivity contribution in [1.29, 1.82) is 0 Å². The smallest absolute Gasteiger partial charge is 0.252 e. The molecule has 1 aromatic rings. The molecule has 0 fully saturated rings. The largest absolute Gasteiger partial charge is 0.397 e. The summed E-state index contributed by atoms with van der Waals surface area (Å²) in [6.45, 7) is 0.874. The summed E-state index contributed by atoms with van der Waals surface area (Å²) in [5, 5.41) is 0. The monoisotopic (exact) mass is 316 g/mol. The number of rotatable bonds is 6. The van der Waals surface area contributed by atoms with Crippen LogP contribution in [0, 0.1) is 0 Å². The zero-order valence-corrected chi connectivity index (χ0v) is 12.1. The maximum atomic E-state index is 11.8. The van der Waals surface area contributed by atoms with Crippen molar-refractivity contribution in [3.63, 3.8) is 0 Å². The average Bonchev–Trinajstić information content (AvgIpc) is 2.33. The molecule has 0 bridgehead atoms. The minimum atomic E-state index is -0.153. The zero-order chi connectivity index (χ0) is 13.5. The van der Waals surface area contributed by atoms with Crippen LogP contribution < -0.4 is 10.6 Å². The van der Waals surface area contributed by atoms with E-state index in [4.69, 9.17) is 15.2 Å². The van der Waals surface area contributed by atoms with E-state index in [1.165, 1.54) is 4.90 Å². The Morgan fingerprint density at radius 3 is 2.78 bits per heavy atom. The van der Waals surface area contributed by atoms with Gasteiger partial charge >= 0.3 is 0 Å². The minimum absolute atomic E-state index is 0.00929. The summed E-state index contributed by atoms with van der Waals surface area (Å²) in [6, 6.07) is 5.37. The second-order valence-electron chi connectivity index (χ2n) is 3.70. The predicted molar refractivity (Wildman–Crippen MR) is 74.7 cm³/mol. The van der Waals surface area contributed by atoms with Crippen LogP contribution in [0.4, 0.5) is 11.4 Å². The molecule has 0 aliphatic heterocycles. The number of anilines is 2. The molecule has 0 saturated carbocycles. The molecule has 0 aliphatic carbocycles. The molecule has 0 aliphatic rings. The van der Waals surface area contributed by atoms with Crippen molar-refractivity contribution in [1.82, 2.24) is 0 Å². The van der Waals surface area contributed by atoms with Crippen molar-refractivity contribution in [2.24, 2.45) is 0 Å². The van der Waals surface area contributed by atoms with Gasteiger partial charge in [0.05, 0.1) is 24.6 Å². The number of carbonyl (C=O) groups excluding carboxylic acids is 1. The number of halogens is 1. The third kappa shape index (κ3) is 4.29. The molecular weight excluding hydrogens is 300 g/mol. The molecule has 0 unspecified atom stereocenters. The van der Waals surface area contributed by atoms with Crippen molar-refractivity contribution in [2.75, 3.05) is 44.6 Å². The Kier molecular flexibility index (Phi) is 6.11. The Balaban J connectivity index is 2.57. The van der Waals surface area contributed by atoms with Crippen molar-refractivity contribution < 1.29 is 14.3 Å². The van der Waals surface area contributed by atoms with Crippen LogP contribution in [0.3, 0.4) is 0 Å². The van der Waals surface area contributed by atoms with E-state index in [0.29, 0.717) is 24.6 Å². The number of hydrogen-bond acceptors (Lipinski definition) is 4. The lowest BCUT2D eigenvalue weighted by molar-refractivity contribution is -0.123. The number of benzene rings is 1. The quantitative estimate of drug-likeness (QED) is 0.640. The highest BCUT2D eigenvalue weighted by Gasteiger charge is 2.13. The van der Waals surface area contributed by atoms with E-state index < -0.39 is 0 Å². The van der Waals surface area contributed by atoms with E-state index in [1.807, 2.05) is 6.07 Å². The SMILES string of the molecule is COCCOCC(=O)N(C)c1ccc(Br)cc1N. The molecule has 1 amide bonds. The first-order valence-electron chi connectivity index (χ1n) is 5.44. The lowest BCUT2D eigenvalue weighted by Gasteiger charge is -2.19. The number of ether oxygens (including phenoxy) is 2. The summed E-state index contributed by atoms with van der Waals surface area (Å²) in [5.74, 6) is -0.153. The van der Waals surface area contributed by atoms with Gasteiger partial charge in [0.1, 0.15) is 6.61 Å². The molecule has 0 radical (unpaired) electrons. The van der Waals surface area contributed by atoms with E-state index in [2.05, 4.69) is 15.9 Å². The van der Waals surface area contributed by atoms with E-state index in [1.54, 1.807) is 26.3 Å². The van der Waals surface area contributed by atoms with Crippen molar-refractivity contribution in [3.05, 3.63) is 22.7 Å². The van der Waals surface area contributed by atoms with Crippen LogP contribution in [0.5, 0.6) is 0 Å². The van der Waals surface area contributed by atoms with Crippen molar-refractivity contribution in [3.8, 4) is 0 Å². The van der Waals surface area contributed by atoms with Crippen LogP contribution in [-0.2, 0) is 14.3 Å². The Morgan fingerprint density at radius 2 is 2.17 bits per heavy atom. The lowest BCUT2D eigenvalue weighted by atomic mass is 10.2. The maximum Gasteiger partial charge on any atom is 0.252 e. The average molecular weight is 317 g/mol. The fraction of sp³-hybridized carbons (Fsp3) is 0.417. The number of nitrogen functional groups attached to an aromatic ring is 1. The Bertz CT molecular complexity index is 412. The number of hydrogen-bond donors (Lipinski definition) is 1. The fourth-order valence-electron chi connectivity index (χ4n) is 1.36. The molecule has 5 nitrogen and oxygen atoms in total. The number of likely N-dealkylation sites (N-methyl/N-ethyl adjacent to an activating group) is 1. The first-order valence-corrected chi connectivity index (χ1v) is 6.24. The summed E-state index contributed by atoms with van der Waals surface area (Å²) in [5.41, 5.74) is 7.06. The summed E-state index contributed by atoms with van der Waals surface area (Å²) < 4.78 is 10.9. The second-order valence-corrected chi connectivity index (χ2v) is 4.62. The summed E-state index contributed by atoms with van der Waals surface area (Å²) in [4.78, 5) is 13.3. The maximum absolute atomic E-state index is 11.8. The van der Waals surface area contributed by atoms with Gasteiger partial charge in [-0.15, -0.1) is 0 Å². The van der Waals surface area contributed by atoms with Crippen LogP contribution in [0.15, 0.2) is 22.7 Å². The van der Waals surface area contributed by atoms with Crippen LogP contribution in [0.1, 0.15) is 0 Å². The third-order valence-corrected chi connectivity index (χ3v) is 2.88. The first kappa shape index (κ1) is 14.9. The zero-order valence-electron chi connectivity index (χ0n) is 10.5. The molecular formula is C12H17BrN2O3. The summed E-state index contributed by atoms with van der Waals surface area (Å²) in [7, 11) is 3.25. The van der Waals surface area contributed by atoms with E-state index in [0.717, 1.165) is 4.47 Å². The van der Waals surface area contributed by atoms with Crippen LogP contribution in [0.2, 0.25) is 0 Å². The molecule has 1 rings (SSSR count). The number of amides is 1. The Labute approximate surface area is 115 Å². The number of nitrogens with two attached hydrogens (primary N) is 1. The van der Waals surface area contributed by atoms with E-state index >= 15 is 0 Å². The van der Waals surface area contributed by atoms with Gasteiger partial charge in [0.2, 0.25) is 0 Å². The molecule has 100 valence electrons. The minimum Gasteiger partial charge on any atom is -0.397 e. The molecule has 18 heavy (non-hydrogen) atoms. The van der Waals surface area contributed by atoms with Gasteiger partial charge in [-0.05, 0) is 18.2 Å². The van der Waals surface area contributed by atoms with Crippen molar-refractivity contribution >= 4 is 33.2 Å². The number of carbonyl (C=O) groups is 1. The molecule has 2 N–H and O–H groups in total. The third-order valence-electron chi connectivity index (χ3n) is 2.38. The fourth-order valence-corrected chi connectivity index (χ4v) is 1.74. The van der Waals surface area contributed by atoms with Gasteiger partial charge in [-0.2, -0.15) is 0 Å². The highest BCUT2D eigenvalue weighted by Crippen LogP contribution is 2.25. The normalized spacial score (nSPS) is 10.4. The standard InChI is InChI=1S/C12H17BrN2O3/c1-15(12(16)8-18-6-5-17-2)11-4-3-9(13)7-10(11)14/h3-4,7H,5-6,8,14H2,1-2H3. The second kappa shape index (κ2) is 7.35. The van der Waals surface area contributed by atoms with E-state index in [-0.39, 0.29) is 12.5 Å². The molecule has 0 heterocycles. The Hall–Kier alpha value is -1.11. The van der Waals surface area contributed by atoms with Gasteiger partial charge in [-0.25, -0.2) is 0 Å². The van der Waals surface area contributed by atoms with Crippen LogP contribution >= 0.6 is 15.9 Å². The van der Waals surface area contributed by atoms with Crippen LogP contribution in [0.25, 0.3) is 0 Å². The topological polar surface area (TPSA) is 64.8 Å². The molecule has 0 aromatic heterocycles. The van der Waals surface area contributed by atoms with Gasteiger partial charge < -0.3 is 20.1 Å². The van der Waals surface area contributed by atoms with Gasteiger partial charge in [-0.1, -0.05) is 15.9 Å². The first-order chi connectivity index (χ1) is 8.56. The van der Waals surface area contributed by atoms with Gasteiger partial charge in [0, 0.05) is 18.6 Å². The number of nitrogens with zero attached hydrogens (tertiary/aromatic N) is 1. The molecule has 0 spiro atoms. The summed E-state index contributed by atoms with van der Waals surface area (Å²) in [6.07, 6.45) is 0. The van der Waals surface area contributed by atoms with Gasteiger partial charge in [0.25, 0.3) is 5.91 Å². The van der Waals surface area contributed by atoms with E-state index in [9.17, 15) is 4.79 Å². The highest BCUT2D eigenvalue weighted by atomic mass is 79.9. The lowest BCUT2D eigenvalue weighted by Crippen LogP contribution is -2.31. The van der Waals surface area contributed by atoms with Crippen molar-refractivity contribution in [2.45, 2.75) is 0 Å². The molecule has 6 heteroatoms. The molecule has 1 aromatic carbocycles. The highest BCUT2D eigenvalue weighted by molar-refractivity contribution is 9.10. The van der Waals surface area contributed by atoms with Crippen LogP contribution in [-0.4, -0.2) is 39.9 Å².